The van der Waals surface area contributed by atoms with Gasteiger partial charge in [0.2, 0.25) is 0 Å². The van der Waals surface area contributed by atoms with Gasteiger partial charge in [-0.3, -0.25) is 0 Å². The zero-order chi connectivity index (χ0) is 57.5. The molecule has 0 unspecified atom stereocenters. The van der Waals surface area contributed by atoms with Gasteiger partial charge in [0.15, 0.2) is 0 Å². The van der Waals surface area contributed by atoms with Crippen LogP contribution in [0.3, 0.4) is 0 Å². The van der Waals surface area contributed by atoms with Crippen molar-refractivity contribution in [3.63, 3.8) is 0 Å². The summed E-state index contributed by atoms with van der Waals surface area (Å²) in [6.45, 7) is 4.72. The molecule has 83 heavy (non-hydrogen) atoms. The van der Waals surface area contributed by atoms with E-state index in [0.717, 1.165) is 28.2 Å². The zero-order valence-corrected chi connectivity index (χ0v) is 51.7. The van der Waals surface area contributed by atoms with Crippen molar-refractivity contribution in [3.05, 3.63) is 324 Å². The van der Waals surface area contributed by atoms with Crippen LogP contribution in [-0.2, 0) is 21.8 Å². The van der Waals surface area contributed by atoms with Gasteiger partial charge in [0, 0.05) is 11.1 Å². The molecular weight excluding hydrogens is 1180 g/mol. The molecule has 412 valence electrons. The summed E-state index contributed by atoms with van der Waals surface area (Å²) < 4.78 is 11.0. The van der Waals surface area contributed by atoms with Crippen LogP contribution in [0.15, 0.2) is 285 Å². The van der Waals surface area contributed by atoms with Gasteiger partial charge < -0.3 is 20.9 Å². The molecule has 0 aliphatic rings. The Kier molecular flexibility index (Phi) is 20.5. The maximum absolute atomic E-state index is 8.42. The third-order valence-electron chi connectivity index (χ3n) is 14.9. The van der Waals surface area contributed by atoms with Crippen LogP contribution in [0.4, 0.5) is 0 Å². The van der Waals surface area contributed by atoms with Crippen LogP contribution in [-0.4, -0.2) is 7.11 Å². The van der Waals surface area contributed by atoms with Crippen molar-refractivity contribution in [3.8, 4) is 33.8 Å². The summed E-state index contributed by atoms with van der Waals surface area (Å²) >= 11 is -0.346. The molecule has 0 aliphatic heterocycles. The molecule has 12 aromatic carbocycles. The quantitative estimate of drug-likeness (QED) is 0.0758. The first-order valence-electron chi connectivity index (χ1n) is 27.5. The predicted molar refractivity (Wildman–Crippen MR) is 358 cm³/mol. The summed E-state index contributed by atoms with van der Waals surface area (Å²) in [4.78, 5) is 0. The maximum atomic E-state index is 8.42. The predicted octanol–water partition coefficient (Wildman–Crippen LogP) is 18.5. The van der Waals surface area contributed by atoms with Crippen molar-refractivity contribution in [1.82, 2.24) is 0 Å². The summed E-state index contributed by atoms with van der Waals surface area (Å²) in [5, 5.41) is 13.5. The van der Waals surface area contributed by atoms with E-state index < -0.39 is 27.9 Å². The van der Waals surface area contributed by atoms with Crippen molar-refractivity contribution in [2.24, 2.45) is 0 Å². The van der Waals surface area contributed by atoms with E-state index in [9.17, 15) is 0 Å². The second-order valence-corrected chi connectivity index (χ2v) is 27.9. The standard InChI is InChI=1S/C51H38P2.C23H24N2O2.2ClH.Ru/c1-37-26-28-38(29-27-37)40-30-33-47-41(36-40)32-35-49(53(44-21-10-4-11-22-44)45-23-12-5-13-24-45)51(47)50-46-25-15-14-16-39(46)31-34-48(50)52(42-17-6-2-7-18-42)43-19-8-3-9-20-43;1-16-3-5-17(6-4-16)15-27-21-13-9-19(10-14-21)23(25)22(24)18-7-11-20(26-2)12-8-18;;;/h2-36H,1H3;3-14,22-25H,15H2,1-2H3;2*1H;/q;-2;;;+4/t;22-,23-;;;/m.1.../s1. The average Bonchev–Trinajstić information content (AvgIpc) is 3.69. The number of nitrogens with one attached hydrogen (secondary N) is 2. The Morgan fingerprint density at radius 3 is 1.24 bits per heavy atom. The fourth-order valence-electron chi connectivity index (χ4n) is 10.7. The van der Waals surface area contributed by atoms with E-state index in [2.05, 4.69) is 250 Å². The molecule has 12 aromatic rings. The van der Waals surface area contributed by atoms with Gasteiger partial charge in [-0.15, -0.1) is 12.1 Å². The fraction of sp³-hybridized carbons (Fsp3) is 0.0811. The molecule has 2 N–H and O–H groups in total. The van der Waals surface area contributed by atoms with E-state index >= 15 is 0 Å². The fourth-order valence-corrected chi connectivity index (χ4v) is 16.2. The Bertz CT molecular complexity index is 3920. The van der Waals surface area contributed by atoms with E-state index in [4.69, 9.17) is 40.3 Å². The van der Waals surface area contributed by atoms with Gasteiger partial charge in [0.05, 0.1) is 23.0 Å². The van der Waals surface area contributed by atoms with Crippen molar-refractivity contribution in [2.45, 2.75) is 32.5 Å². The van der Waals surface area contributed by atoms with Crippen LogP contribution in [0.2, 0.25) is 0 Å². The van der Waals surface area contributed by atoms with Crippen molar-refractivity contribution in [2.75, 3.05) is 7.11 Å². The van der Waals surface area contributed by atoms with E-state index in [0.29, 0.717) is 6.61 Å². The van der Waals surface area contributed by atoms with Gasteiger partial charge in [0.1, 0.15) is 49.9 Å². The Labute approximate surface area is 507 Å². The number of fused-ring (bicyclic) bond motifs is 2. The van der Waals surface area contributed by atoms with Gasteiger partial charge in [-0.2, -0.15) is 0 Å². The van der Waals surface area contributed by atoms with Crippen molar-refractivity contribution >= 4 is 88.6 Å². The molecule has 9 heteroatoms. The SMILES string of the molecule is COc1ccc([C@@H]([NH-])[C@H]([NH-])c2ccc(OCc3ccc(C)cc3)cc2)cc1.Cc1ccc(-c2ccc3c(-c4c([PH+](c5ccccc5)c5ccccc5)ccc5ccccc45)c([PH+](c4ccccc4)c4ccccc4)ccc3c2)cc1.[Cl][Ru+2][Cl]. The molecular formula is C74H64Cl2N2O2P2Ru+2. The number of benzene rings is 12. The Balaban J connectivity index is 0.000000215. The molecule has 0 spiro atoms. The molecule has 0 fully saturated rings. The van der Waals surface area contributed by atoms with E-state index in [1.807, 2.05) is 48.5 Å². The first-order valence-corrected chi connectivity index (χ1v) is 35.0. The topological polar surface area (TPSA) is 66.1 Å². The number of aryl methyl sites for hydroxylation is 2. The Morgan fingerprint density at radius 2 is 0.783 bits per heavy atom. The van der Waals surface area contributed by atoms with Gasteiger partial charge in [-0.1, -0.05) is 216 Å². The van der Waals surface area contributed by atoms with Gasteiger partial charge >= 0.3 is 34.5 Å². The normalized spacial score (nSPS) is 11.8. The minimum atomic E-state index is -1.44. The monoisotopic (exact) mass is 1250 g/mol. The minimum absolute atomic E-state index is 0.346. The van der Waals surface area contributed by atoms with Gasteiger partial charge in [-0.05, 0) is 143 Å². The van der Waals surface area contributed by atoms with E-state index in [1.165, 1.54) is 86.8 Å². The molecule has 0 heterocycles. The van der Waals surface area contributed by atoms with Crippen molar-refractivity contribution < 1.29 is 24.6 Å². The molecule has 0 radical (unpaired) electrons. The number of halogens is 2. The average molecular weight is 1250 g/mol. The second-order valence-electron chi connectivity index (χ2n) is 20.3. The van der Waals surface area contributed by atoms with Crippen LogP contribution >= 0.6 is 35.2 Å². The summed E-state index contributed by atoms with van der Waals surface area (Å²) in [6, 6.07) is 101. The number of ether oxygens (including phenoxy) is 2. The number of hydrogen-bond acceptors (Lipinski definition) is 2. The molecule has 2 atom stereocenters. The van der Waals surface area contributed by atoms with E-state index in [-0.39, 0.29) is 15.1 Å². The number of rotatable bonds is 15. The zero-order valence-electron chi connectivity index (χ0n) is 46.4. The molecule has 0 aliphatic carbocycles. The third kappa shape index (κ3) is 14.4. The van der Waals surface area contributed by atoms with Crippen LogP contribution in [0.1, 0.15) is 39.9 Å². The summed E-state index contributed by atoms with van der Waals surface area (Å²) in [7, 11) is 8.46. The molecule has 12 rings (SSSR count). The molecule has 0 amide bonds. The number of hydrogen-bond donors (Lipinski definition) is 0. The Morgan fingerprint density at radius 1 is 0.398 bits per heavy atom. The molecule has 0 saturated heterocycles. The molecule has 4 nitrogen and oxygen atoms in total. The second kappa shape index (κ2) is 28.8. The molecule has 0 aromatic heterocycles. The van der Waals surface area contributed by atoms with Crippen LogP contribution in [0.25, 0.3) is 55.3 Å². The van der Waals surface area contributed by atoms with Gasteiger partial charge in [0.25, 0.3) is 0 Å². The summed E-state index contributed by atoms with van der Waals surface area (Å²) in [5.74, 6) is 1.51. The third-order valence-corrected chi connectivity index (χ3v) is 20.5. The van der Waals surface area contributed by atoms with Crippen molar-refractivity contribution in [1.29, 1.82) is 0 Å². The first kappa shape index (κ1) is 58.9. The summed E-state index contributed by atoms with van der Waals surface area (Å²) in [6.07, 6.45) is 0. The Hall–Kier alpha value is -7.26. The molecule has 0 saturated carbocycles. The van der Waals surface area contributed by atoms with Crippen LogP contribution in [0.5, 0.6) is 11.5 Å². The summed E-state index contributed by atoms with van der Waals surface area (Å²) in [5.41, 5.74) is 27.2. The number of methoxy groups -OCH3 is 1. The van der Waals surface area contributed by atoms with E-state index in [1.54, 1.807) is 7.11 Å². The van der Waals surface area contributed by atoms with Crippen LogP contribution in [0, 0.1) is 13.8 Å². The van der Waals surface area contributed by atoms with Gasteiger partial charge in [-0.25, -0.2) is 0 Å². The van der Waals surface area contributed by atoms with Crippen LogP contribution < -0.4 is 41.3 Å². The molecule has 0 bridgehead atoms. The first-order chi connectivity index (χ1) is 40.7.